The van der Waals surface area contributed by atoms with E-state index in [2.05, 4.69) is 25.1 Å². The van der Waals surface area contributed by atoms with Gasteiger partial charge in [0.05, 0.1) is 0 Å². The van der Waals surface area contributed by atoms with E-state index in [0.717, 1.165) is 13.0 Å². The normalized spacial score (nSPS) is 18.7. The van der Waals surface area contributed by atoms with Crippen molar-refractivity contribution in [3.63, 3.8) is 0 Å². The Kier molecular flexibility index (Phi) is 3.60. The molecule has 3 heteroatoms. The van der Waals surface area contributed by atoms with Gasteiger partial charge in [-0.25, -0.2) is 4.79 Å². The van der Waals surface area contributed by atoms with Crippen molar-refractivity contribution in [2.45, 2.75) is 45.8 Å². The van der Waals surface area contributed by atoms with E-state index in [4.69, 9.17) is 0 Å². The number of benzene rings is 1. The van der Waals surface area contributed by atoms with Gasteiger partial charge in [0.15, 0.2) is 0 Å². The molecule has 0 radical (unpaired) electrons. The number of hydrogen-bond acceptors (Lipinski definition) is 1. The van der Waals surface area contributed by atoms with E-state index < -0.39 is 0 Å². The van der Waals surface area contributed by atoms with Gasteiger partial charge in [0, 0.05) is 25.7 Å². The molecule has 0 bridgehead atoms. The zero-order chi connectivity index (χ0) is 13.3. The van der Waals surface area contributed by atoms with Crippen molar-refractivity contribution in [2.24, 2.45) is 0 Å². The van der Waals surface area contributed by atoms with Crippen LogP contribution in [0.5, 0.6) is 0 Å². The molecule has 1 aliphatic heterocycles. The van der Waals surface area contributed by atoms with E-state index in [1.54, 1.807) is 0 Å². The zero-order valence-electron chi connectivity index (χ0n) is 11.7. The lowest BCUT2D eigenvalue weighted by Crippen LogP contribution is -2.50. The average Bonchev–Trinajstić information content (AvgIpc) is 2.36. The average molecular weight is 246 g/mol. The number of fused-ring (bicyclic) bond motifs is 1. The highest BCUT2D eigenvalue weighted by Gasteiger charge is 2.29. The predicted molar refractivity (Wildman–Crippen MR) is 73.4 cm³/mol. The van der Waals surface area contributed by atoms with Crippen molar-refractivity contribution in [1.29, 1.82) is 0 Å². The fourth-order valence-corrected chi connectivity index (χ4v) is 2.36. The lowest BCUT2D eigenvalue weighted by atomic mass is 9.95. The van der Waals surface area contributed by atoms with Gasteiger partial charge in [-0.15, -0.1) is 0 Å². The molecule has 0 saturated heterocycles. The minimum Gasteiger partial charge on any atom is -0.325 e. The fraction of sp³-hybridized carbons (Fsp3) is 0.533. The second-order valence-corrected chi connectivity index (χ2v) is 5.44. The van der Waals surface area contributed by atoms with E-state index in [-0.39, 0.29) is 18.1 Å². The molecular weight excluding hydrogens is 224 g/mol. The van der Waals surface area contributed by atoms with Crippen LogP contribution >= 0.6 is 0 Å². The number of carbonyl (C=O) groups is 1. The van der Waals surface area contributed by atoms with Crippen molar-refractivity contribution in [3.8, 4) is 0 Å². The molecule has 0 aliphatic carbocycles. The number of urea groups is 1. The predicted octanol–water partition coefficient (Wildman–Crippen LogP) is 2.89. The van der Waals surface area contributed by atoms with Gasteiger partial charge >= 0.3 is 6.03 Å². The summed E-state index contributed by atoms with van der Waals surface area (Å²) in [5.74, 6) is 0. The summed E-state index contributed by atoms with van der Waals surface area (Å²) in [5.41, 5.74) is 2.65. The fourth-order valence-electron chi connectivity index (χ4n) is 2.36. The first-order valence-electron chi connectivity index (χ1n) is 6.61. The second-order valence-electron chi connectivity index (χ2n) is 5.44. The molecule has 1 aromatic carbocycles. The summed E-state index contributed by atoms with van der Waals surface area (Å²) < 4.78 is 0. The van der Waals surface area contributed by atoms with Crippen molar-refractivity contribution in [2.75, 3.05) is 7.05 Å². The molecule has 2 amide bonds. The quantitative estimate of drug-likeness (QED) is 0.747. The number of rotatable bonds is 1. The minimum absolute atomic E-state index is 0.131. The van der Waals surface area contributed by atoms with Crippen LogP contribution in [0.25, 0.3) is 0 Å². The molecule has 3 nitrogen and oxygen atoms in total. The lowest BCUT2D eigenvalue weighted by Gasteiger charge is -2.38. The van der Waals surface area contributed by atoms with Gasteiger partial charge < -0.3 is 9.80 Å². The Labute approximate surface area is 109 Å². The molecule has 0 fully saturated rings. The van der Waals surface area contributed by atoms with Crippen LogP contribution in [0.1, 0.15) is 31.9 Å². The first kappa shape index (κ1) is 12.9. The highest BCUT2D eigenvalue weighted by Crippen LogP contribution is 2.24. The molecule has 0 spiro atoms. The maximum absolute atomic E-state index is 12.4. The summed E-state index contributed by atoms with van der Waals surface area (Å²) in [7, 11) is 1.88. The summed E-state index contributed by atoms with van der Waals surface area (Å²) >= 11 is 0. The van der Waals surface area contributed by atoms with Crippen LogP contribution in [0.4, 0.5) is 4.79 Å². The molecule has 1 heterocycles. The molecule has 98 valence electrons. The smallest absolute Gasteiger partial charge is 0.320 e. The zero-order valence-corrected chi connectivity index (χ0v) is 11.7. The van der Waals surface area contributed by atoms with Gasteiger partial charge in [0.2, 0.25) is 0 Å². The van der Waals surface area contributed by atoms with E-state index >= 15 is 0 Å². The monoisotopic (exact) mass is 246 g/mol. The molecule has 0 saturated carbocycles. The standard InChI is InChI=1S/C15H22N2O/c1-11(2)16(4)15(18)17-10-14-8-6-5-7-13(14)9-12(17)3/h5-8,11-12H,9-10H2,1-4H3. The molecule has 18 heavy (non-hydrogen) atoms. The molecule has 1 aliphatic rings. The van der Waals surface area contributed by atoms with Crippen LogP contribution in [-0.4, -0.2) is 35.0 Å². The Bertz CT molecular complexity index is 442. The maximum atomic E-state index is 12.4. The maximum Gasteiger partial charge on any atom is 0.320 e. The molecule has 2 rings (SSSR count). The summed E-state index contributed by atoms with van der Waals surface area (Å²) in [6.45, 7) is 6.94. The third-order valence-electron chi connectivity index (χ3n) is 3.83. The van der Waals surface area contributed by atoms with Gasteiger partial charge in [-0.2, -0.15) is 0 Å². The topological polar surface area (TPSA) is 23.6 Å². The Morgan fingerprint density at radius 3 is 2.56 bits per heavy atom. The van der Waals surface area contributed by atoms with Crippen LogP contribution in [0, 0.1) is 0 Å². The van der Waals surface area contributed by atoms with Crippen molar-refractivity contribution in [1.82, 2.24) is 9.80 Å². The first-order chi connectivity index (χ1) is 8.50. The minimum atomic E-state index is 0.131. The third kappa shape index (κ3) is 2.35. The van der Waals surface area contributed by atoms with Crippen molar-refractivity contribution in [3.05, 3.63) is 35.4 Å². The first-order valence-corrected chi connectivity index (χ1v) is 6.61. The van der Waals surface area contributed by atoms with Crippen LogP contribution in [0.3, 0.4) is 0 Å². The molecule has 1 atom stereocenters. The summed E-state index contributed by atoms with van der Waals surface area (Å²) in [6.07, 6.45) is 0.952. The van der Waals surface area contributed by atoms with Crippen LogP contribution in [0.2, 0.25) is 0 Å². The van der Waals surface area contributed by atoms with Gasteiger partial charge in [0.1, 0.15) is 0 Å². The van der Waals surface area contributed by atoms with Gasteiger partial charge in [-0.3, -0.25) is 0 Å². The summed E-state index contributed by atoms with van der Waals surface area (Å²) in [5, 5.41) is 0. The van der Waals surface area contributed by atoms with Crippen LogP contribution < -0.4 is 0 Å². The lowest BCUT2D eigenvalue weighted by molar-refractivity contribution is 0.128. The Balaban J connectivity index is 2.19. The van der Waals surface area contributed by atoms with E-state index in [1.807, 2.05) is 36.8 Å². The van der Waals surface area contributed by atoms with Crippen molar-refractivity contribution < 1.29 is 4.79 Å². The van der Waals surface area contributed by atoms with Crippen LogP contribution in [0.15, 0.2) is 24.3 Å². The van der Waals surface area contributed by atoms with Gasteiger partial charge in [-0.05, 0) is 38.3 Å². The van der Waals surface area contributed by atoms with Gasteiger partial charge in [-0.1, -0.05) is 24.3 Å². The molecule has 1 aromatic rings. The summed E-state index contributed by atoms with van der Waals surface area (Å²) in [4.78, 5) is 16.2. The van der Waals surface area contributed by atoms with E-state index in [1.165, 1.54) is 11.1 Å². The Hall–Kier alpha value is -1.51. The number of nitrogens with zero attached hydrogens (tertiary/aromatic N) is 2. The number of carbonyl (C=O) groups excluding carboxylic acids is 1. The Morgan fingerprint density at radius 1 is 1.33 bits per heavy atom. The molecular formula is C15H22N2O. The molecule has 0 N–H and O–H groups in total. The van der Waals surface area contributed by atoms with Crippen LogP contribution in [-0.2, 0) is 13.0 Å². The SMILES string of the molecule is CC(C)N(C)C(=O)N1Cc2ccccc2CC1C. The molecule has 1 unspecified atom stereocenters. The van der Waals surface area contributed by atoms with Crippen molar-refractivity contribution >= 4 is 6.03 Å². The Morgan fingerprint density at radius 2 is 1.94 bits per heavy atom. The number of hydrogen-bond donors (Lipinski definition) is 0. The van der Waals surface area contributed by atoms with E-state index in [0.29, 0.717) is 0 Å². The largest absolute Gasteiger partial charge is 0.325 e. The summed E-state index contributed by atoms with van der Waals surface area (Å²) in [6, 6.07) is 9.05. The highest BCUT2D eigenvalue weighted by molar-refractivity contribution is 5.75. The highest BCUT2D eigenvalue weighted by atomic mass is 16.2. The third-order valence-corrected chi connectivity index (χ3v) is 3.83. The second kappa shape index (κ2) is 5.01. The van der Waals surface area contributed by atoms with Gasteiger partial charge in [0.25, 0.3) is 0 Å². The van der Waals surface area contributed by atoms with E-state index in [9.17, 15) is 4.79 Å². The molecule has 0 aromatic heterocycles. The number of amides is 2.